The summed E-state index contributed by atoms with van der Waals surface area (Å²) in [5, 5.41) is 0. The summed E-state index contributed by atoms with van der Waals surface area (Å²) in [5.74, 6) is 1.03. The van der Waals surface area contributed by atoms with E-state index in [1.807, 2.05) is 29.2 Å². The van der Waals surface area contributed by atoms with Gasteiger partial charge < -0.3 is 9.64 Å². The molecule has 4 heteroatoms. The van der Waals surface area contributed by atoms with Crippen LogP contribution in [0.15, 0.2) is 24.3 Å². The first-order chi connectivity index (χ1) is 7.70. The van der Waals surface area contributed by atoms with Crippen molar-refractivity contribution in [2.45, 2.75) is 17.8 Å². The first kappa shape index (κ1) is 11.5. The molecule has 0 N–H and O–H groups in total. The van der Waals surface area contributed by atoms with E-state index in [1.165, 1.54) is 0 Å². The molecule has 1 heterocycles. The number of rotatable bonds is 3. The fraction of sp³-hybridized carbons (Fsp3) is 0.417. The van der Waals surface area contributed by atoms with Crippen molar-refractivity contribution in [3.63, 3.8) is 0 Å². The van der Waals surface area contributed by atoms with Crippen molar-refractivity contribution in [2.75, 3.05) is 13.7 Å². The monoisotopic (exact) mass is 283 g/mol. The van der Waals surface area contributed by atoms with Crippen LogP contribution in [0.4, 0.5) is 0 Å². The fourth-order valence-electron chi connectivity index (χ4n) is 1.81. The molecule has 1 aromatic carbocycles. The molecule has 1 fully saturated rings. The zero-order valence-electron chi connectivity index (χ0n) is 9.15. The number of halogens is 1. The van der Waals surface area contributed by atoms with Gasteiger partial charge in [0, 0.05) is 13.1 Å². The minimum Gasteiger partial charge on any atom is -0.497 e. The van der Waals surface area contributed by atoms with Crippen LogP contribution < -0.4 is 4.74 Å². The maximum Gasteiger partial charge on any atom is 0.236 e. The van der Waals surface area contributed by atoms with Gasteiger partial charge in [-0.15, -0.1) is 0 Å². The number of nitrogens with zero attached hydrogens (tertiary/aromatic N) is 1. The second kappa shape index (κ2) is 4.87. The molecule has 0 bridgehead atoms. The molecule has 3 nitrogen and oxygen atoms in total. The molecular weight excluding hydrogens is 270 g/mol. The van der Waals surface area contributed by atoms with Crippen molar-refractivity contribution >= 4 is 21.8 Å². The third-order valence-electron chi connectivity index (χ3n) is 2.76. The zero-order chi connectivity index (χ0) is 11.5. The Morgan fingerprint density at radius 1 is 1.44 bits per heavy atom. The fourth-order valence-corrected chi connectivity index (χ4v) is 2.30. The average Bonchev–Trinajstić information content (AvgIpc) is 2.62. The maximum absolute atomic E-state index is 11.7. The number of hydrogen-bond donors (Lipinski definition) is 0. The van der Waals surface area contributed by atoms with Gasteiger partial charge in [-0.05, 0) is 24.1 Å². The Kier molecular flexibility index (Phi) is 3.49. The van der Waals surface area contributed by atoms with Gasteiger partial charge in [0.05, 0.1) is 11.9 Å². The molecule has 0 unspecified atom stereocenters. The summed E-state index contributed by atoms with van der Waals surface area (Å²) in [7, 11) is 1.65. The Balaban J connectivity index is 2.01. The van der Waals surface area contributed by atoms with Gasteiger partial charge in [0.2, 0.25) is 5.91 Å². The van der Waals surface area contributed by atoms with Crippen LogP contribution in [-0.2, 0) is 11.3 Å². The molecule has 1 saturated heterocycles. The summed E-state index contributed by atoms with van der Waals surface area (Å²) in [6.07, 6.45) is 0.898. The molecular formula is C12H14BrNO2. The number of carbonyl (C=O) groups is 1. The number of ether oxygens (including phenoxy) is 1. The predicted molar refractivity (Wildman–Crippen MR) is 65.7 cm³/mol. The van der Waals surface area contributed by atoms with Crippen molar-refractivity contribution in [2.24, 2.45) is 0 Å². The summed E-state index contributed by atoms with van der Waals surface area (Å²) >= 11 is 3.37. The molecule has 1 aliphatic heterocycles. The number of carbonyl (C=O) groups excluding carboxylic acids is 1. The maximum atomic E-state index is 11.7. The number of methoxy groups -OCH3 is 1. The van der Waals surface area contributed by atoms with Gasteiger partial charge >= 0.3 is 0 Å². The lowest BCUT2D eigenvalue weighted by Gasteiger charge is -2.15. The molecule has 2 rings (SSSR count). The van der Waals surface area contributed by atoms with E-state index in [1.54, 1.807) is 7.11 Å². The predicted octanol–water partition coefficient (Wildman–Crippen LogP) is 2.19. The van der Waals surface area contributed by atoms with E-state index >= 15 is 0 Å². The molecule has 0 radical (unpaired) electrons. The Labute approximate surface area is 104 Å². The number of alkyl halides is 1. The van der Waals surface area contributed by atoms with Crippen LogP contribution in [-0.4, -0.2) is 29.3 Å². The number of hydrogen-bond acceptors (Lipinski definition) is 2. The van der Waals surface area contributed by atoms with Crippen LogP contribution in [0.25, 0.3) is 0 Å². The average molecular weight is 284 g/mol. The molecule has 1 aliphatic rings. The Hall–Kier alpha value is -1.03. The van der Waals surface area contributed by atoms with Crippen molar-refractivity contribution < 1.29 is 9.53 Å². The van der Waals surface area contributed by atoms with Crippen LogP contribution in [0, 0.1) is 0 Å². The minimum absolute atomic E-state index is 0.00532. The smallest absolute Gasteiger partial charge is 0.236 e. The van der Waals surface area contributed by atoms with E-state index in [-0.39, 0.29) is 10.7 Å². The Bertz CT molecular complexity index is 377. The highest BCUT2D eigenvalue weighted by molar-refractivity contribution is 9.10. The summed E-state index contributed by atoms with van der Waals surface area (Å²) in [5.41, 5.74) is 1.13. The standard InChI is InChI=1S/C12H14BrNO2/c1-16-10-4-2-9(3-5-10)8-14-7-6-11(13)12(14)15/h2-5,11H,6-8H2,1H3/t11-/m0/s1. The minimum atomic E-state index is 0.00532. The quantitative estimate of drug-likeness (QED) is 0.796. The lowest BCUT2D eigenvalue weighted by Crippen LogP contribution is -2.26. The van der Waals surface area contributed by atoms with Crippen LogP contribution in [0.2, 0.25) is 0 Å². The van der Waals surface area contributed by atoms with E-state index in [0.717, 1.165) is 24.3 Å². The van der Waals surface area contributed by atoms with Gasteiger partial charge in [-0.1, -0.05) is 28.1 Å². The number of benzene rings is 1. The summed E-state index contributed by atoms with van der Waals surface area (Å²) in [6.45, 7) is 1.52. The topological polar surface area (TPSA) is 29.5 Å². The SMILES string of the molecule is COc1ccc(CN2CC[C@H](Br)C2=O)cc1. The largest absolute Gasteiger partial charge is 0.497 e. The van der Waals surface area contributed by atoms with Crippen molar-refractivity contribution in [3.8, 4) is 5.75 Å². The van der Waals surface area contributed by atoms with Gasteiger partial charge in [0.25, 0.3) is 0 Å². The van der Waals surface area contributed by atoms with E-state index in [0.29, 0.717) is 6.54 Å². The van der Waals surface area contributed by atoms with Crippen LogP contribution in [0.1, 0.15) is 12.0 Å². The normalized spacial score (nSPS) is 20.2. The molecule has 0 spiro atoms. The molecule has 0 aliphatic carbocycles. The third-order valence-corrected chi connectivity index (χ3v) is 3.61. The highest BCUT2D eigenvalue weighted by atomic mass is 79.9. The molecule has 1 atom stereocenters. The third kappa shape index (κ3) is 2.38. The number of likely N-dealkylation sites (tertiary alicyclic amines) is 1. The summed E-state index contributed by atoms with van der Waals surface area (Å²) in [4.78, 5) is 13.6. The lowest BCUT2D eigenvalue weighted by molar-refractivity contribution is -0.127. The first-order valence-corrected chi connectivity index (χ1v) is 6.18. The van der Waals surface area contributed by atoms with Crippen molar-refractivity contribution in [3.05, 3.63) is 29.8 Å². The van der Waals surface area contributed by atoms with Gasteiger partial charge in [0.15, 0.2) is 0 Å². The van der Waals surface area contributed by atoms with E-state index in [2.05, 4.69) is 15.9 Å². The van der Waals surface area contributed by atoms with Crippen LogP contribution >= 0.6 is 15.9 Å². The highest BCUT2D eigenvalue weighted by Crippen LogP contribution is 2.21. The molecule has 16 heavy (non-hydrogen) atoms. The second-order valence-corrected chi connectivity index (χ2v) is 4.97. The molecule has 1 aromatic rings. The Morgan fingerprint density at radius 2 is 2.12 bits per heavy atom. The first-order valence-electron chi connectivity index (χ1n) is 5.26. The summed E-state index contributed by atoms with van der Waals surface area (Å²) < 4.78 is 5.09. The molecule has 1 amide bonds. The summed E-state index contributed by atoms with van der Waals surface area (Å²) in [6, 6.07) is 7.82. The second-order valence-electron chi connectivity index (χ2n) is 3.86. The van der Waals surface area contributed by atoms with Crippen molar-refractivity contribution in [1.29, 1.82) is 0 Å². The van der Waals surface area contributed by atoms with E-state index in [9.17, 15) is 4.79 Å². The molecule has 86 valence electrons. The molecule has 0 aromatic heterocycles. The lowest BCUT2D eigenvalue weighted by atomic mass is 10.2. The number of amides is 1. The van der Waals surface area contributed by atoms with Gasteiger partial charge in [-0.25, -0.2) is 0 Å². The van der Waals surface area contributed by atoms with E-state index < -0.39 is 0 Å². The molecule has 0 saturated carbocycles. The van der Waals surface area contributed by atoms with Gasteiger partial charge in [-0.3, -0.25) is 4.79 Å². The van der Waals surface area contributed by atoms with Crippen LogP contribution in [0.3, 0.4) is 0 Å². The van der Waals surface area contributed by atoms with Crippen molar-refractivity contribution in [1.82, 2.24) is 4.90 Å². The highest BCUT2D eigenvalue weighted by Gasteiger charge is 2.28. The van der Waals surface area contributed by atoms with Crippen LogP contribution in [0.5, 0.6) is 5.75 Å². The van der Waals surface area contributed by atoms with Gasteiger partial charge in [-0.2, -0.15) is 0 Å². The Morgan fingerprint density at radius 3 is 2.62 bits per heavy atom. The van der Waals surface area contributed by atoms with Gasteiger partial charge in [0.1, 0.15) is 5.75 Å². The zero-order valence-corrected chi connectivity index (χ0v) is 10.7. The van der Waals surface area contributed by atoms with E-state index in [4.69, 9.17) is 4.74 Å².